The van der Waals surface area contributed by atoms with Crippen molar-refractivity contribution in [1.29, 1.82) is 0 Å². The molecule has 2 heterocycles. The first-order valence-corrected chi connectivity index (χ1v) is 5.71. The van der Waals surface area contributed by atoms with Crippen LogP contribution < -0.4 is 10.5 Å². The molecule has 3 aromatic rings. The number of nitrogen functional groups attached to an aromatic ring is 1. The van der Waals surface area contributed by atoms with Gasteiger partial charge in [-0.15, -0.1) is 10.2 Å². The van der Waals surface area contributed by atoms with Crippen LogP contribution in [0.15, 0.2) is 42.6 Å². The minimum absolute atomic E-state index is 0.117. The summed E-state index contributed by atoms with van der Waals surface area (Å²) in [5, 5.41) is 7.95. The summed E-state index contributed by atoms with van der Waals surface area (Å²) >= 11 is 0. The Bertz CT molecular complexity index is 725. The van der Waals surface area contributed by atoms with Crippen molar-refractivity contribution in [1.82, 2.24) is 14.6 Å². The quantitative estimate of drug-likeness (QED) is 0.780. The van der Waals surface area contributed by atoms with Crippen molar-refractivity contribution in [2.75, 3.05) is 5.73 Å². The molecular weight excluding hydrogens is 247 g/mol. The Balaban J connectivity index is 1.87. The highest BCUT2D eigenvalue weighted by atomic mass is 19.1. The fraction of sp³-hybridized carbons (Fsp3) is 0.0769. The van der Waals surface area contributed by atoms with Crippen LogP contribution in [-0.4, -0.2) is 14.6 Å². The van der Waals surface area contributed by atoms with E-state index in [1.54, 1.807) is 40.9 Å². The van der Waals surface area contributed by atoms with Crippen LogP contribution in [-0.2, 0) is 6.61 Å². The summed E-state index contributed by atoms with van der Waals surface area (Å²) < 4.78 is 20.5. The normalized spacial score (nSPS) is 10.8. The van der Waals surface area contributed by atoms with Crippen molar-refractivity contribution in [2.45, 2.75) is 6.61 Å². The number of halogens is 1. The van der Waals surface area contributed by atoms with Gasteiger partial charge in [-0.3, -0.25) is 4.40 Å². The van der Waals surface area contributed by atoms with E-state index in [4.69, 9.17) is 10.5 Å². The maximum absolute atomic E-state index is 13.4. The van der Waals surface area contributed by atoms with Gasteiger partial charge in [0.25, 0.3) is 0 Å². The lowest BCUT2D eigenvalue weighted by atomic mass is 10.3. The lowest BCUT2D eigenvalue weighted by Gasteiger charge is -2.05. The van der Waals surface area contributed by atoms with E-state index in [-0.39, 0.29) is 12.4 Å². The fourth-order valence-electron chi connectivity index (χ4n) is 1.79. The lowest BCUT2D eigenvalue weighted by Crippen LogP contribution is -2.02. The van der Waals surface area contributed by atoms with Gasteiger partial charge in [-0.05, 0) is 24.3 Å². The molecule has 0 amide bonds. The van der Waals surface area contributed by atoms with E-state index in [0.717, 1.165) is 0 Å². The monoisotopic (exact) mass is 258 g/mol. The highest BCUT2D eigenvalue weighted by molar-refractivity contribution is 5.63. The molecule has 0 radical (unpaired) electrons. The van der Waals surface area contributed by atoms with E-state index in [0.29, 0.717) is 17.2 Å². The Labute approximate surface area is 108 Å². The molecule has 6 heteroatoms. The van der Waals surface area contributed by atoms with Crippen LogP contribution in [0.2, 0.25) is 0 Å². The third-order valence-corrected chi connectivity index (χ3v) is 2.73. The molecule has 2 aromatic heterocycles. The van der Waals surface area contributed by atoms with Crippen LogP contribution in [0.3, 0.4) is 0 Å². The molecule has 0 aliphatic rings. The van der Waals surface area contributed by atoms with Gasteiger partial charge < -0.3 is 10.5 Å². The van der Waals surface area contributed by atoms with E-state index in [9.17, 15) is 4.39 Å². The van der Waals surface area contributed by atoms with Crippen molar-refractivity contribution in [2.24, 2.45) is 0 Å². The highest BCUT2D eigenvalue weighted by Gasteiger charge is 2.09. The zero-order valence-electron chi connectivity index (χ0n) is 9.95. The van der Waals surface area contributed by atoms with Crippen LogP contribution in [0.4, 0.5) is 10.1 Å². The van der Waals surface area contributed by atoms with Crippen molar-refractivity contribution in [3.8, 4) is 5.75 Å². The zero-order chi connectivity index (χ0) is 13.2. The summed E-state index contributed by atoms with van der Waals surface area (Å²) in [7, 11) is 0. The third kappa shape index (κ3) is 2.08. The molecule has 0 aliphatic carbocycles. The van der Waals surface area contributed by atoms with Gasteiger partial charge in [-0.1, -0.05) is 12.1 Å². The number of fused-ring (bicyclic) bond motifs is 1. The molecule has 0 saturated heterocycles. The van der Waals surface area contributed by atoms with Crippen molar-refractivity contribution >= 4 is 11.3 Å². The number of anilines is 1. The van der Waals surface area contributed by atoms with Gasteiger partial charge in [-0.2, -0.15) is 0 Å². The number of rotatable bonds is 3. The number of nitrogens with two attached hydrogens (primary N) is 1. The second-order valence-corrected chi connectivity index (χ2v) is 3.99. The molecule has 0 fully saturated rings. The molecule has 0 spiro atoms. The van der Waals surface area contributed by atoms with Crippen LogP contribution in [0.5, 0.6) is 5.75 Å². The molecule has 3 rings (SSSR count). The van der Waals surface area contributed by atoms with Crippen LogP contribution in [0, 0.1) is 5.82 Å². The Hall–Kier alpha value is -2.63. The Kier molecular flexibility index (Phi) is 2.75. The van der Waals surface area contributed by atoms with E-state index in [2.05, 4.69) is 10.2 Å². The third-order valence-electron chi connectivity index (χ3n) is 2.73. The largest absolute Gasteiger partial charge is 0.483 e. The Morgan fingerprint density at radius 2 is 2.00 bits per heavy atom. The first kappa shape index (κ1) is 11.5. The maximum atomic E-state index is 13.4. The number of ether oxygens (including phenoxy) is 1. The number of para-hydroxylation sites is 1. The summed E-state index contributed by atoms with van der Waals surface area (Å²) in [4.78, 5) is 0. The molecule has 0 unspecified atom stereocenters. The number of pyridine rings is 1. The molecule has 0 saturated carbocycles. The highest BCUT2D eigenvalue weighted by Crippen LogP contribution is 2.17. The Morgan fingerprint density at radius 1 is 1.16 bits per heavy atom. The van der Waals surface area contributed by atoms with E-state index in [1.165, 1.54) is 6.07 Å². The van der Waals surface area contributed by atoms with Gasteiger partial charge in [0.2, 0.25) is 0 Å². The van der Waals surface area contributed by atoms with Gasteiger partial charge in [0.05, 0.1) is 5.69 Å². The first-order valence-electron chi connectivity index (χ1n) is 5.71. The smallest absolute Gasteiger partial charge is 0.184 e. The minimum Gasteiger partial charge on any atom is -0.483 e. The summed E-state index contributed by atoms with van der Waals surface area (Å²) in [6.07, 6.45) is 1.78. The summed E-state index contributed by atoms with van der Waals surface area (Å²) in [5.74, 6) is 0.338. The molecule has 1 aromatic carbocycles. The number of benzene rings is 1. The molecule has 5 nitrogen and oxygen atoms in total. The zero-order valence-corrected chi connectivity index (χ0v) is 9.95. The first-order chi connectivity index (χ1) is 9.25. The van der Waals surface area contributed by atoms with Crippen molar-refractivity contribution in [3.05, 3.63) is 54.2 Å². The van der Waals surface area contributed by atoms with Gasteiger partial charge in [0, 0.05) is 6.20 Å². The fourth-order valence-corrected chi connectivity index (χ4v) is 1.79. The minimum atomic E-state index is -0.407. The van der Waals surface area contributed by atoms with Gasteiger partial charge in [-0.25, -0.2) is 4.39 Å². The maximum Gasteiger partial charge on any atom is 0.184 e. The molecular formula is C13H11FN4O. The standard InChI is InChI=1S/C13H11FN4O/c14-9-4-1-2-6-11(9)19-8-12-16-17-13-10(15)5-3-7-18(12)13/h1-7H,8,15H2. The van der Waals surface area contributed by atoms with Crippen LogP contribution in [0.25, 0.3) is 5.65 Å². The van der Waals surface area contributed by atoms with Gasteiger partial charge >= 0.3 is 0 Å². The Morgan fingerprint density at radius 3 is 2.84 bits per heavy atom. The number of aromatic nitrogens is 3. The SMILES string of the molecule is Nc1cccn2c(COc3ccccc3F)nnc12. The van der Waals surface area contributed by atoms with Crippen molar-refractivity contribution in [3.63, 3.8) is 0 Å². The molecule has 19 heavy (non-hydrogen) atoms. The van der Waals surface area contributed by atoms with Crippen LogP contribution in [0.1, 0.15) is 5.82 Å². The van der Waals surface area contributed by atoms with Crippen molar-refractivity contribution < 1.29 is 9.13 Å². The molecule has 2 N–H and O–H groups in total. The average molecular weight is 258 g/mol. The summed E-state index contributed by atoms with van der Waals surface area (Å²) in [6.45, 7) is 0.117. The second kappa shape index (κ2) is 4.56. The molecule has 0 atom stereocenters. The number of hydrogen-bond acceptors (Lipinski definition) is 4. The lowest BCUT2D eigenvalue weighted by molar-refractivity contribution is 0.280. The van der Waals surface area contributed by atoms with Crippen LogP contribution >= 0.6 is 0 Å². The molecule has 0 aliphatic heterocycles. The molecule has 96 valence electrons. The van der Waals surface area contributed by atoms with E-state index in [1.807, 2.05) is 0 Å². The van der Waals surface area contributed by atoms with E-state index < -0.39 is 5.82 Å². The summed E-state index contributed by atoms with van der Waals surface area (Å²) in [5.41, 5.74) is 6.88. The predicted octanol–water partition coefficient (Wildman–Crippen LogP) is 2.03. The topological polar surface area (TPSA) is 65.4 Å². The molecule has 0 bridgehead atoms. The van der Waals surface area contributed by atoms with Gasteiger partial charge in [0.1, 0.15) is 6.61 Å². The van der Waals surface area contributed by atoms with Gasteiger partial charge in [0.15, 0.2) is 23.0 Å². The second-order valence-electron chi connectivity index (χ2n) is 3.99. The number of nitrogens with zero attached hydrogens (tertiary/aromatic N) is 3. The van der Waals surface area contributed by atoms with E-state index >= 15 is 0 Å². The number of hydrogen-bond donors (Lipinski definition) is 1. The summed E-state index contributed by atoms with van der Waals surface area (Å²) in [6, 6.07) is 9.75. The average Bonchev–Trinajstić information content (AvgIpc) is 2.83. The predicted molar refractivity (Wildman–Crippen MR) is 68.1 cm³/mol.